The van der Waals surface area contributed by atoms with Gasteiger partial charge in [-0.05, 0) is 29.7 Å². The average molecular weight is 437 g/mol. The molecule has 0 saturated carbocycles. The predicted molar refractivity (Wildman–Crippen MR) is 125 cm³/mol. The highest BCUT2D eigenvalue weighted by atomic mass is 16.5. The Balaban J connectivity index is 1.34. The summed E-state index contributed by atoms with van der Waals surface area (Å²) in [7, 11) is 0. The molecule has 1 aliphatic rings. The molecule has 33 heavy (non-hydrogen) atoms. The van der Waals surface area contributed by atoms with E-state index in [1.807, 2.05) is 78.9 Å². The fourth-order valence-corrected chi connectivity index (χ4v) is 4.05. The molecule has 1 aromatic heterocycles. The molecule has 6 heteroatoms. The van der Waals surface area contributed by atoms with Crippen molar-refractivity contribution >= 4 is 11.9 Å². The number of esters is 1. The number of para-hydroxylation sites is 1. The van der Waals surface area contributed by atoms with Crippen LogP contribution in [0.15, 0.2) is 91.1 Å². The monoisotopic (exact) mass is 437 g/mol. The summed E-state index contributed by atoms with van der Waals surface area (Å²) in [6, 6.07) is 27.2. The third kappa shape index (κ3) is 4.41. The molecule has 0 radical (unpaired) electrons. The first kappa shape index (κ1) is 20.7. The summed E-state index contributed by atoms with van der Waals surface area (Å²) in [5.74, 6) is -0.767. The lowest BCUT2D eigenvalue weighted by atomic mass is 10.00. The number of benzene rings is 3. The van der Waals surface area contributed by atoms with Crippen molar-refractivity contribution in [1.29, 1.82) is 0 Å². The lowest BCUT2D eigenvalue weighted by Crippen LogP contribution is -2.38. The Morgan fingerprint density at radius 1 is 0.848 bits per heavy atom. The summed E-state index contributed by atoms with van der Waals surface area (Å²) in [6.07, 6.45) is 2.46. The number of carbonyl (C=O) groups is 2. The van der Waals surface area contributed by atoms with Gasteiger partial charge in [-0.25, -0.2) is 9.48 Å². The standard InChI is InChI=1S/C27H23N3O3/c31-25(29-16-15-20-9-7-8-12-22(20)17-29)19-33-27(32)24-18-30(23-13-5-2-6-14-23)28-26(24)21-10-3-1-4-11-21/h1-14,18H,15-17,19H2. The van der Waals surface area contributed by atoms with Gasteiger partial charge in [0.15, 0.2) is 6.61 Å². The maximum Gasteiger partial charge on any atom is 0.342 e. The fourth-order valence-electron chi connectivity index (χ4n) is 4.05. The van der Waals surface area contributed by atoms with E-state index in [1.54, 1.807) is 15.8 Å². The largest absolute Gasteiger partial charge is 0.452 e. The molecule has 4 aromatic rings. The predicted octanol–water partition coefficient (Wildman–Crippen LogP) is 4.28. The highest BCUT2D eigenvalue weighted by Crippen LogP contribution is 2.25. The topological polar surface area (TPSA) is 64.4 Å². The molecule has 6 nitrogen and oxygen atoms in total. The second-order valence-corrected chi connectivity index (χ2v) is 7.95. The molecule has 1 aliphatic heterocycles. The summed E-state index contributed by atoms with van der Waals surface area (Å²) in [4.78, 5) is 27.5. The highest BCUT2D eigenvalue weighted by molar-refractivity contribution is 5.97. The van der Waals surface area contributed by atoms with Crippen molar-refractivity contribution in [1.82, 2.24) is 14.7 Å². The molecule has 3 aromatic carbocycles. The Bertz CT molecular complexity index is 1280. The molecule has 5 rings (SSSR count). The molecule has 0 saturated heterocycles. The van der Waals surface area contributed by atoms with Crippen LogP contribution in [0, 0.1) is 0 Å². The Morgan fingerprint density at radius 2 is 1.52 bits per heavy atom. The zero-order valence-corrected chi connectivity index (χ0v) is 18.1. The van der Waals surface area contributed by atoms with Gasteiger partial charge >= 0.3 is 5.97 Å². The highest BCUT2D eigenvalue weighted by Gasteiger charge is 2.24. The van der Waals surface area contributed by atoms with E-state index in [2.05, 4.69) is 11.2 Å². The smallest absolute Gasteiger partial charge is 0.342 e. The molecule has 0 N–H and O–H groups in total. The molecular weight excluding hydrogens is 414 g/mol. The summed E-state index contributed by atoms with van der Waals surface area (Å²) in [5, 5.41) is 4.63. The van der Waals surface area contributed by atoms with Gasteiger partial charge in [-0.3, -0.25) is 4.79 Å². The van der Waals surface area contributed by atoms with Crippen LogP contribution in [0.2, 0.25) is 0 Å². The van der Waals surface area contributed by atoms with E-state index in [0.29, 0.717) is 24.3 Å². The number of fused-ring (bicyclic) bond motifs is 1. The lowest BCUT2D eigenvalue weighted by Gasteiger charge is -2.28. The van der Waals surface area contributed by atoms with Crippen LogP contribution in [-0.4, -0.2) is 39.7 Å². The molecule has 1 amide bonds. The first-order valence-electron chi connectivity index (χ1n) is 10.9. The van der Waals surface area contributed by atoms with Crippen LogP contribution in [-0.2, 0) is 22.5 Å². The van der Waals surface area contributed by atoms with E-state index >= 15 is 0 Å². The van der Waals surface area contributed by atoms with Gasteiger partial charge < -0.3 is 9.64 Å². The summed E-state index contributed by atoms with van der Waals surface area (Å²) < 4.78 is 7.11. The fraction of sp³-hybridized carbons (Fsp3) is 0.148. The van der Waals surface area contributed by atoms with Crippen LogP contribution >= 0.6 is 0 Å². The molecular formula is C27H23N3O3. The summed E-state index contributed by atoms with van der Waals surface area (Å²) >= 11 is 0. The van der Waals surface area contributed by atoms with Gasteiger partial charge in [0.2, 0.25) is 0 Å². The van der Waals surface area contributed by atoms with E-state index in [0.717, 1.165) is 23.2 Å². The minimum Gasteiger partial charge on any atom is -0.452 e. The van der Waals surface area contributed by atoms with E-state index in [9.17, 15) is 9.59 Å². The first-order valence-corrected chi connectivity index (χ1v) is 10.9. The van der Waals surface area contributed by atoms with Crippen LogP contribution in [0.5, 0.6) is 0 Å². The third-order valence-corrected chi connectivity index (χ3v) is 5.81. The normalized spacial score (nSPS) is 12.8. The van der Waals surface area contributed by atoms with Gasteiger partial charge in [0, 0.05) is 24.8 Å². The van der Waals surface area contributed by atoms with E-state index in [1.165, 1.54) is 5.56 Å². The Hall–Kier alpha value is -4.19. The lowest BCUT2D eigenvalue weighted by molar-refractivity contribution is -0.135. The SMILES string of the molecule is O=C(OCC(=O)N1CCc2ccccc2C1)c1cn(-c2ccccc2)nc1-c1ccccc1. The zero-order valence-electron chi connectivity index (χ0n) is 18.1. The van der Waals surface area contributed by atoms with Crippen molar-refractivity contribution in [2.75, 3.05) is 13.2 Å². The van der Waals surface area contributed by atoms with Crippen LogP contribution in [0.4, 0.5) is 0 Å². The number of hydrogen-bond acceptors (Lipinski definition) is 4. The van der Waals surface area contributed by atoms with Crippen molar-refractivity contribution < 1.29 is 14.3 Å². The van der Waals surface area contributed by atoms with Gasteiger partial charge in [0.25, 0.3) is 5.91 Å². The van der Waals surface area contributed by atoms with Crippen molar-refractivity contribution in [3.05, 3.63) is 108 Å². The van der Waals surface area contributed by atoms with E-state index in [4.69, 9.17) is 4.74 Å². The number of amides is 1. The Morgan fingerprint density at radius 3 is 2.27 bits per heavy atom. The second-order valence-electron chi connectivity index (χ2n) is 7.95. The minimum atomic E-state index is -0.568. The Labute approximate surface area is 192 Å². The van der Waals surface area contributed by atoms with Crippen LogP contribution in [0.3, 0.4) is 0 Å². The second kappa shape index (κ2) is 9.12. The third-order valence-electron chi connectivity index (χ3n) is 5.81. The Kier molecular flexibility index (Phi) is 5.72. The molecule has 0 fully saturated rings. The van der Waals surface area contributed by atoms with Crippen molar-refractivity contribution in [2.45, 2.75) is 13.0 Å². The maximum atomic E-state index is 13.0. The zero-order chi connectivity index (χ0) is 22.6. The average Bonchev–Trinajstić information content (AvgIpc) is 3.33. The summed E-state index contributed by atoms with van der Waals surface area (Å²) in [6.45, 7) is 0.855. The van der Waals surface area contributed by atoms with Crippen molar-refractivity contribution in [3.8, 4) is 16.9 Å². The number of aromatic nitrogens is 2. The van der Waals surface area contributed by atoms with Gasteiger partial charge in [0.1, 0.15) is 11.3 Å². The minimum absolute atomic E-state index is 0.199. The van der Waals surface area contributed by atoms with Gasteiger partial charge in [0.05, 0.1) is 5.69 Å². The van der Waals surface area contributed by atoms with Gasteiger partial charge in [-0.2, -0.15) is 5.10 Å². The molecule has 164 valence electrons. The summed E-state index contributed by atoms with van der Waals surface area (Å²) in [5.41, 5.74) is 4.87. The van der Waals surface area contributed by atoms with E-state index < -0.39 is 5.97 Å². The number of nitrogens with zero attached hydrogens (tertiary/aromatic N) is 3. The number of ether oxygens (including phenoxy) is 1. The first-order chi connectivity index (χ1) is 16.2. The van der Waals surface area contributed by atoms with Crippen LogP contribution in [0.1, 0.15) is 21.5 Å². The van der Waals surface area contributed by atoms with Crippen LogP contribution in [0.25, 0.3) is 16.9 Å². The number of rotatable bonds is 5. The molecule has 0 bridgehead atoms. The number of carbonyl (C=O) groups excluding carboxylic acids is 2. The van der Waals surface area contributed by atoms with Crippen molar-refractivity contribution in [3.63, 3.8) is 0 Å². The quantitative estimate of drug-likeness (QED) is 0.437. The molecule has 0 spiro atoms. The number of hydrogen-bond donors (Lipinski definition) is 0. The van der Waals surface area contributed by atoms with Crippen molar-refractivity contribution in [2.24, 2.45) is 0 Å². The molecule has 0 unspecified atom stereocenters. The molecule has 0 atom stereocenters. The maximum absolute atomic E-state index is 13.0. The van der Waals surface area contributed by atoms with Crippen LogP contribution < -0.4 is 0 Å². The molecule has 0 aliphatic carbocycles. The van der Waals surface area contributed by atoms with Gasteiger partial charge in [-0.15, -0.1) is 0 Å². The van der Waals surface area contributed by atoms with Gasteiger partial charge in [-0.1, -0.05) is 72.8 Å². The molecule has 2 heterocycles. The van der Waals surface area contributed by atoms with E-state index in [-0.39, 0.29) is 12.5 Å².